The van der Waals surface area contributed by atoms with E-state index in [1.54, 1.807) is 0 Å². The van der Waals surface area contributed by atoms with Crippen molar-refractivity contribution >= 4 is 58.5 Å². The van der Waals surface area contributed by atoms with Crippen molar-refractivity contribution in [3.8, 4) is 0 Å². The number of hydrogen-bond donors (Lipinski definition) is 1. The van der Waals surface area contributed by atoms with Gasteiger partial charge in [-0.25, -0.2) is 4.79 Å². The highest BCUT2D eigenvalue weighted by Crippen LogP contribution is 2.25. The molecule has 0 aliphatic heterocycles. The van der Waals surface area contributed by atoms with E-state index in [-0.39, 0.29) is 6.61 Å². The quantitative estimate of drug-likeness (QED) is 0.477. The standard InChI is InChI=1S/C7H9Cl3NO2S/c8-7(9,10)5-13-6(12)11-3-1-2-4-14/h1-3,5H2,(H,11,12). The molecule has 14 heavy (non-hydrogen) atoms. The Hall–Kier alpha value is 0.230. The summed E-state index contributed by atoms with van der Waals surface area (Å²) in [7, 11) is 0. The summed E-state index contributed by atoms with van der Waals surface area (Å²) in [6.07, 6.45) is 0.743. The van der Waals surface area contributed by atoms with Gasteiger partial charge < -0.3 is 10.1 Å². The Morgan fingerprint density at radius 3 is 2.64 bits per heavy atom. The second kappa shape index (κ2) is 7.51. The van der Waals surface area contributed by atoms with Gasteiger partial charge in [0, 0.05) is 11.9 Å². The molecule has 0 aliphatic rings. The zero-order chi connectivity index (χ0) is 11.0. The molecule has 0 aromatic carbocycles. The first-order chi connectivity index (χ1) is 6.45. The molecule has 0 heterocycles. The van der Waals surface area contributed by atoms with E-state index in [4.69, 9.17) is 34.8 Å². The highest BCUT2D eigenvalue weighted by Gasteiger charge is 2.21. The number of halogens is 3. The summed E-state index contributed by atoms with van der Waals surface area (Å²) in [6.45, 7) is 0.186. The smallest absolute Gasteiger partial charge is 0.407 e. The minimum absolute atomic E-state index is 0.275. The molecular weight excluding hydrogens is 269 g/mol. The zero-order valence-electron chi connectivity index (χ0n) is 7.19. The first-order valence-electron chi connectivity index (χ1n) is 3.78. The fraction of sp³-hybridized carbons (Fsp3) is 0.714. The molecule has 0 saturated carbocycles. The van der Waals surface area contributed by atoms with Crippen LogP contribution in [0.25, 0.3) is 0 Å². The van der Waals surface area contributed by atoms with Gasteiger partial charge in [0.05, 0.1) is 0 Å². The van der Waals surface area contributed by atoms with Crippen LogP contribution in [0.2, 0.25) is 0 Å². The molecule has 0 rings (SSSR count). The molecule has 7 heteroatoms. The lowest BCUT2D eigenvalue weighted by Gasteiger charge is -2.11. The normalized spacial score (nSPS) is 10.8. The average Bonchev–Trinajstić information content (AvgIpc) is 2.08. The van der Waals surface area contributed by atoms with E-state index in [0.29, 0.717) is 19.4 Å². The van der Waals surface area contributed by atoms with Crippen LogP contribution in [0.15, 0.2) is 0 Å². The Morgan fingerprint density at radius 1 is 1.50 bits per heavy atom. The van der Waals surface area contributed by atoms with Crippen LogP contribution in [0.5, 0.6) is 0 Å². The predicted molar refractivity (Wildman–Crippen MR) is 61.5 cm³/mol. The number of ether oxygens (including phenoxy) is 1. The maximum Gasteiger partial charge on any atom is 0.407 e. The molecule has 0 aromatic rings. The molecule has 0 saturated heterocycles. The van der Waals surface area contributed by atoms with Crippen LogP contribution in [-0.2, 0) is 4.74 Å². The van der Waals surface area contributed by atoms with E-state index in [9.17, 15) is 4.79 Å². The first-order valence-corrected chi connectivity index (χ1v) is 5.32. The largest absolute Gasteiger partial charge is 0.445 e. The molecular formula is C7H9Cl3NO2S. The van der Waals surface area contributed by atoms with Crippen molar-refractivity contribution in [1.29, 1.82) is 0 Å². The molecule has 1 radical (unpaired) electrons. The summed E-state index contributed by atoms with van der Waals surface area (Å²) in [4.78, 5) is 10.9. The van der Waals surface area contributed by atoms with E-state index in [0.717, 1.165) is 0 Å². The molecule has 0 fully saturated rings. The van der Waals surface area contributed by atoms with Gasteiger partial charge in [0.2, 0.25) is 3.79 Å². The maximum absolute atomic E-state index is 10.9. The lowest BCUT2D eigenvalue weighted by atomic mass is 10.3. The molecule has 0 aliphatic carbocycles. The third kappa shape index (κ3) is 10.3. The minimum Gasteiger partial charge on any atom is -0.445 e. The Bertz CT molecular complexity index is 196. The van der Waals surface area contributed by atoms with Crippen molar-refractivity contribution in [1.82, 2.24) is 5.32 Å². The number of amides is 1. The van der Waals surface area contributed by atoms with Crippen LogP contribution < -0.4 is 5.32 Å². The number of carbonyl (C=O) groups is 1. The summed E-state index contributed by atoms with van der Waals surface area (Å²) in [5.41, 5.74) is 0. The highest BCUT2D eigenvalue weighted by atomic mass is 35.6. The molecule has 81 valence electrons. The van der Waals surface area contributed by atoms with E-state index >= 15 is 0 Å². The number of unbranched alkanes of at least 4 members (excludes halogenated alkanes) is 1. The van der Waals surface area contributed by atoms with E-state index in [1.807, 2.05) is 0 Å². The van der Waals surface area contributed by atoms with E-state index < -0.39 is 9.89 Å². The van der Waals surface area contributed by atoms with Gasteiger partial charge in [0.25, 0.3) is 0 Å². The third-order valence-corrected chi connectivity index (χ3v) is 1.62. The van der Waals surface area contributed by atoms with E-state index in [2.05, 4.69) is 27.6 Å². The topological polar surface area (TPSA) is 38.3 Å². The second-order valence-electron chi connectivity index (χ2n) is 2.37. The van der Waals surface area contributed by atoms with Crippen LogP contribution in [0.1, 0.15) is 12.8 Å². The van der Waals surface area contributed by atoms with Crippen molar-refractivity contribution < 1.29 is 9.53 Å². The molecule has 0 spiro atoms. The van der Waals surface area contributed by atoms with Gasteiger partial charge in [-0.3, -0.25) is 0 Å². The summed E-state index contributed by atoms with van der Waals surface area (Å²) in [5.74, 6) is 0. The Balaban J connectivity index is 3.42. The second-order valence-corrected chi connectivity index (χ2v) is 5.17. The number of alkyl carbamates (subject to hydrolysis) is 1. The molecule has 0 aromatic heterocycles. The van der Waals surface area contributed by atoms with Crippen molar-refractivity contribution in [2.75, 3.05) is 13.2 Å². The lowest BCUT2D eigenvalue weighted by Crippen LogP contribution is -2.28. The summed E-state index contributed by atoms with van der Waals surface area (Å²) in [6, 6.07) is 0. The monoisotopic (exact) mass is 276 g/mol. The molecule has 1 amide bonds. The lowest BCUT2D eigenvalue weighted by molar-refractivity contribution is 0.148. The first kappa shape index (κ1) is 14.2. The SMILES string of the molecule is O=C(NCCC[C]=S)OCC(Cl)(Cl)Cl. The number of hydrogen-bond acceptors (Lipinski definition) is 3. The predicted octanol–water partition coefficient (Wildman–Crippen LogP) is 2.74. The van der Waals surface area contributed by atoms with Crippen molar-refractivity contribution in [3.63, 3.8) is 0 Å². The third-order valence-electron chi connectivity index (χ3n) is 1.09. The van der Waals surface area contributed by atoms with Crippen LogP contribution >= 0.6 is 47.0 Å². The molecule has 0 unspecified atom stereocenters. The van der Waals surface area contributed by atoms with Gasteiger partial charge in [0.15, 0.2) is 0 Å². The van der Waals surface area contributed by atoms with Crippen molar-refractivity contribution in [3.05, 3.63) is 0 Å². The summed E-state index contributed by atoms with van der Waals surface area (Å²) < 4.78 is 3.02. The Kier molecular flexibility index (Phi) is 7.64. The number of thiocarbonyl (C=S) groups is 1. The number of carbonyl (C=O) groups excluding carboxylic acids is 1. The number of nitrogens with one attached hydrogen (secondary N) is 1. The fourth-order valence-electron chi connectivity index (χ4n) is 0.549. The maximum atomic E-state index is 10.9. The van der Waals surface area contributed by atoms with Gasteiger partial charge in [-0.15, -0.1) is 0 Å². The highest BCUT2D eigenvalue weighted by molar-refractivity contribution is 7.78. The van der Waals surface area contributed by atoms with Gasteiger partial charge in [-0.1, -0.05) is 47.0 Å². The van der Waals surface area contributed by atoms with Gasteiger partial charge in [-0.05, 0) is 12.8 Å². The number of alkyl halides is 3. The summed E-state index contributed by atoms with van der Waals surface area (Å²) in [5, 5.41) is 4.99. The summed E-state index contributed by atoms with van der Waals surface area (Å²) >= 11 is 20.6. The van der Waals surface area contributed by atoms with Crippen molar-refractivity contribution in [2.45, 2.75) is 16.6 Å². The molecule has 1 N–H and O–H groups in total. The zero-order valence-corrected chi connectivity index (χ0v) is 10.3. The van der Waals surface area contributed by atoms with Crippen molar-refractivity contribution in [2.24, 2.45) is 0 Å². The molecule has 0 atom stereocenters. The Labute approximate surface area is 103 Å². The molecule has 3 nitrogen and oxygen atoms in total. The van der Waals surface area contributed by atoms with Gasteiger partial charge in [0.1, 0.15) is 6.61 Å². The van der Waals surface area contributed by atoms with Gasteiger partial charge in [-0.2, -0.15) is 0 Å². The van der Waals surface area contributed by atoms with Crippen LogP contribution in [-0.4, -0.2) is 28.4 Å². The van der Waals surface area contributed by atoms with Crippen LogP contribution in [0, 0.1) is 0 Å². The van der Waals surface area contributed by atoms with Crippen LogP contribution in [0.4, 0.5) is 4.79 Å². The van der Waals surface area contributed by atoms with E-state index in [1.165, 1.54) is 0 Å². The fourth-order valence-corrected chi connectivity index (χ4v) is 0.857. The van der Waals surface area contributed by atoms with Crippen LogP contribution in [0.3, 0.4) is 0 Å². The Morgan fingerprint density at radius 2 is 2.14 bits per heavy atom. The minimum atomic E-state index is -1.57. The van der Waals surface area contributed by atoms with Gasteiger partial charge >= 0.3 is 6.09 Å². The molecule has 0 bridgehead atoms. The number of rotatable bonds is 5. The average molecular weight is 278 g/mol.